The van der Waals surface area contributed by atoms with Crippen LogP contribution in [-0.2, 0) is 30.7 Å². The summed E-state index contributed by atoms with van der Waals surface area (Å²) in [6.45, 7) is 9.04. The quantitative estimate of drug-likeness (QED) is 0.0449. The summed E-state index contributed by atoms with van der Waals surface area (Å²) in [5.41, 5.74) is 16.6. The Hall–Kier alpha value is -5.50. The van der Waals surface area contributed by atoms with Gasteiger partial charge in [0.1, 0.15) is 5.60 Å². The van der Waals surface area contributed by atoms with Crippen LogP contribution in [0.4, 0.5) is 4.79 Å². The minimum atomic E-state index is -0.692. The van der Waals surface area contributed by atoms with Gasteiger partial charge < -0.3 is 20.7 Å². The molecule has 0 spiro atoms. The number of nitrogens with one attached hydrogen (secondary N) is 1. The molecule has 0 saturated carbocycles. The van der Waals surface area contributed by atoms with E-state index in [1.807, 2.05) is 161 Å². The molecule has 11 nitrogen and oxygen atoms in total. The molecule has 0 aliphatic rings. The molecule has 6 aromatic rings. The number of nitrogens with zero attached hydrogens (tertiary/aromatic N) is 4. The smallest absolute Gasteiger partial charge is 0.422 e. The predicted octanol–water partition coefficient (Wildman–Crippen LogP) is 8.01. The lowest BCUT2D eigenvalue weighted by Gasteiger charge is -2.29. The molecule has 1 amide bonds. The van der Waals surface area contributed by atoms with Crippen molar-refractivity contribution >= 4 is 18.5 Å². The van der Waals surface area contributed by atoms with Gasteiger partial charge in [-0.15, -0.1) is 12.4 Å². The highest BCUT2D eigenvalue weighted by Crippen LogP contribution is 2.20. The van der Waals surface area contributed by atoms with Crippen molar-refractivity contribution < 1.29 is 19.7 Å². The first-order valence-electron chi connectivity index (χ1n) is 20.8. The van der Waals surface area contributed by atoms with Crippen molar-refractivity contribution in [2.75, 3.05) is 13.1 Å². The minimum Gasteiger partial charge on any atom is -0.443 e. The maximum absolute atomic E-state index is 12.5. The molecule has 6 rings (SSSR count). The van der Waals surface area contributed by atoms with Gasteiger partial charge >= 0.3 is 6.09 Å². The average Bonchev–Trinajstić information content (AvgIpc) is 3.25. The number of pyridine rings is 2. The molecule has 62 heavy (non-hydrogen) atoms. The van der Waals surface area contributed by atoms with Crippen molar-refractivity contribution in [3.8, 4) is 22.5 Å². The Labute approximate surface area is 373 Å². The van der Waals surface area contributed by atoms with Gasteiger partial charge in [-0.2, -0.15) is 0 Å². The van der Waals surface area contributed by atoms with Crippen molar-refractivity contribution in [2.24, 2.45) is 17.5 Å². The molecule has 2 aromatic heterocycles. The molecule has 4 aromatic carbocycles. The van der Waals surface area contributed by atoms with Crippen LogP contribution in [0.5, 0.6) is 0 Å². The summed E-state index contributed by atoms with van der Waals surface area (Å²) in [7, 11) is 0. The van der Waals surface area contributed by atoms with Gasteiger partial charge in [-0.05, 0) is 86.1 Å². The fourth-order valence-corrected chi connectivity index (χ4v) is 6.65. The molecule has 7 N–H and O–H groups in total. The summed E-state index contributed by atoms with van der Waals surface area (Å²) in [5.74, 6) is 6.10. The first-order valence-corrected chi connectivity index (χ1v) is 20.8. The molecule has 0 fully saturated rings. The van der Waals surface area contributed by atoms with E-state index in [1.165, 1.54) is 5.56 Å². The fraction of sp³-hybridized carbons (Fsp3) is 0.300. The van der Waals surface area contributed by atoms with Crippen LogP contribution in [-0.4, -0.2) is 73.2 Å². The van der Waals surface area contributed by atoms with Crippen LogP contribution < -0.4 is 17.0 Å². The third-order valence-corrected chi connectivity index (χ3v) is 9.93. The van der Waals surface area contributed by atoms with Crippen LogP contribution in [0.25, 0.3) is 22.5 Å². The number of carbonyl (C=O) groups is 1. The van der Waals surface area contributed by atoms with Crippen LogP contribution in [0.2, 0.25) is 0 Å². The van der Waals surface area contributed by atoms with Gasteiger partial charge in [-0.3, -0.25) is 21.2 Å². The Kier molecular flexibility index (Phi) is 19.7. The van der Waals surface area contributed by atoms with E-state index in [9.17, 15) is 15.0 Å². The number of hydrogen-bond donors (Lipinski definition) is 5. The van der Waals surface area contributed by atoms with E-state index in [-0.39, 0.29) is 30.9 Å². The second kappa shape index (κ2) is 24.8. The number of hydrogen-bond acceptors (Lipinski definition) is 10. The van der Waals surface area contributed by atoms with E-state index in [2.05, 4.69) is 27.5 Å². The van der Waals surface area contributed by atoms with E-state index in [0.29, 0.717) is 26.1 Å². The number of benzene rings is 4. The summed E-state index contributed by atoms with van der Waals surface area (Å²) in [4.78, 5) is 21.2. The molecule has 2 heterocycles. The highest BCUT2D eigenvalue weighted by atomic mass is 35.5. The third kappa shape index (κ3) is 17.1. The lowest BCUT2D eigenvalue weighted by molar-refractivity contribution is 0.0120. The zero-order valence-electron chi connectivity index (χ0n) is 36.1. The van der Waals surface area contributed by atoms with Crippen molar-refractivity contribution in [1.29, 1.82) is 0 Å². The van der Waals surface area contributed by atoms with Crippen LogP contribution in [0.15, 0.2) is 158 Å². The molecule has 328 valence electrons. The highest BCUT2D eigenvalue weighted by Gasteiger charge is 2.23. The predicted molar refractivity (Wildman–Crippen MR) is 250 cm³/mol. The van der Waals surface area contributed by atoms with Crippen molar-refractivity contribution in [1.82, 2.24) is 25.4 Å². The molecular weight excluding hydrogens is 798 g/mol. The zero-order valence-corrected chi connectivity index (χ0v) is 36.9. The first-order chi connectivity index (χ1) is 29.3. The van der Waals surface area contributed by atoms with E-state index < -0.39 is 23.9 Å². The number of ether oxygens (including phenoxy) is 1. The Morgan fingerprint density at radius 1 is 0.645 bits per heavy atom. The van der Waals surface area contributed by atoms with Gasteiger partial charge in [0.25, 0.3) is 0 Å². The average molecular weight is 861 g/mol. The van der Waals surface area contributed by atoms with E-state index in [1.54, 1.807) is 22.4 Å². The van der Waals surface area contributed by atoms with Crippen LogP contribution >= 0.6 is 12.4 Å². The topological polar surface area (TPSA) is 163 Å². The van der Waals surface area contributed by atoms with E-state index >= 15 is 0 Å². The van der Waals surface area contributed by atoms with Gasteiger partial charge in [0.2, 0.25) is 0 Å². The van der Waals surface area contributed by atoms with E-state index in [4.69, 9.17) is 16.3 Å². The Morgan fingerprint density at radius 3 is 1.58 bits per heavy atom. The number of aliphatic hydroxyl groups is 2. The zero-order chi connectivity index (χ0) is 43.6. The summed E-state index contributed by atoms with van der Waals surface area (Å²) in [5, 5.41) is 24.6. The standard InChI is InChI=1S/C28H35N3O3.C22H26N4O.ClH/c1-21(18-22-10-6-5-7-11-22)26(32)20-31(30-27(33)34-28(2,3)4)19-23-13-15-24(16-14-23)25-12-8-9-17-29-25;23-20(14-17-6-2-1-3-7-17)22(27)16-26(24)15-18-9-11-19(12-10-18)21-8-4-5-13-25-21;/h5-17,21,26,32H,18-20H2,1-4H3,(H,30,33);1-13,20,22,27H,14-16,23-24H2;1H/t21?,26-;20?,22-;/m00./s1. The van der Waals surface area contributed by atoms with Crippen molar-refractivity contribution in [2.45, 2.75) is 77.5 Å². The summed E-state index contributed by atoms with van der Waals surface area (Å²) >= 11 is 0. The molecular formula is C50H62ClN7O4. The number of aliphatic hydroxyl groups excluding tert-OH is 2. The SMILES string of the molecule is CC(Cc1ccccc1)[C@@H](O)CN(Cc1ccc(-c2ccccn2)cc1)NC(=O)OC(C)(C)C.Cl.NC(Cc1ccccc1)[C@@H](O)CN(N)Cc1ccc(-c2ccccn2)cc1. The normalized spacial score (nSPS) is 13.2. The molecule has 0 saturated heterocycles. The Balaban J connectivity index is 0.000000275. The van der Waals surface area contributed by atoms with Gasteiger partial charge in [0.05, 0.1) is 23.6 Å². The van der Waals surface area contributed by atoms with Crippen LogP contribution in [0.1, 0.15) is 49.9 Å². The maximum atomic E-state index is 12.5. The minimum absolute atomic E-state index is 0. The number of nitrogens with two attached hydrogens (primary N) is 2. The highest BCUT2D eigenvalue weighted by molar-refractivity contribution is 5.85. The monoisotopic (exact) mass is 859 g/mol. The van der Waals surface area contributed by atoms with Gasteiger partial charge in [0, 0.05) is 55.7 Å². The molecule has 4 atom stereocenters. The number of carbonyl (C=O) groups excluding carboxylic acids is 1. The van der Waals surface area contributed by atoms with Gasteiger partial charge in [-0.25, -0.2) is 14.8 Å². The van der Waals surface area contributed by atoms with Crippen LogP contribution in [0, 0.1) is 5.92 Å². The largest absolute Gasteiger partial charge is 0.443 e. The lowest BCUT2D eigenvalue weighted by atomic mass is 9.95. The molecule has 0 aliphatic carbocycles. The number of amides is 1. The molecule has 0 bridgehead atoms. The number of rotatable bonds is 17. The van der Waals surface area contributed by atoms with Crippen molar-refractivity contribution in [3.63, 3.8) is 0 Å². The second-order valence-electron chi connectivity index (χ2n) is 16.4. The lowest BCUT2D eigenvalue weighted by Crippen LogP contribution is -2.48. The maximum Gasteiger partial charge on any atom is 0.422 e. The Morgan fingerprint density at radius 2 is 1.11 bits per heavy atom. The third-order valence-electron chi connectivity index (χ3n) is 9.93. The molecule has 12 heteroatoms. The number of halogens is 1. The summed E-state index contributed by atoms with van der Waals surface area (Å²) in [6, 6.07) is 47.5. The number of aromatic nitrogens is 2. The van der Waals surface area contributed by atoms with Crippen LogP contribution in [0.3, 0.4) is 0 Å². The molecule has 0 radical (unpaired) electrons. The summed E-state index contributed by atoms with van der Waals surface area (Å²) < 4.78 is 5.44. The Bertz CT molecular complexity index is 2150. The molecule has 2 unspecified atom stereocenters. The molecule has 0 aliphatic heterocycles. The fourth-order valence-electron chi connectivity index (χ4n) is 6.65. The van der Waals surface area contributed by atoms with Gasteiger partial charge in [0.15, 0.2) is 0 Å². The summed E-state index contributed by atoms with van der Waals surface area (Å²) in [6.07, 6.45) is 3.06. The van der Waals surface area contributed by atoms with Gasteiger partial charge in [-0.1, -0.05) is 128 Å². The second-order valence-corrected chi connectivity index (χ2v) is 16.4. The van der Waals surface area contributed by atoms with E-state index in [0.717, 1.165) is 45.6 Å². The first kappa shape index (κ1) is 49.2. The number of hydrazine groups is 2. The van der Waals surface area contributed by atoms with Crippen molar-refractivity contribution in [3.05, 3.63) is 180 Å².